The summed E-state index contributed by atoms with van der Waals surface area (Å²) in [6.45, 7) is 8.57. The molecule has 0 saturated heterocycles. The molecule has 0 aliphatic heterocycles. The van der Waals surface area contributed by atoms with Crippen LogP contribution in [0.3, 0.4) is 0 Å². The van der Waals surface area contributed by atoms with Gasteiger partial charge in [0.2, 0.25) is 0 Å². The van der Waals surface area contributed by atoms with Gasteiger partial charge in [0.25, 0.3) is 0 Å². The predicted molar refractivity (Wildman–Crippen MR) is 60.2 cm³/mol. The average molecular weight is 196 g/mol. The van der Waals surface area contributed by atoms with Gasteiger partial charge in [-0.25, -0.2) is 0 Å². The van der Waals surface area contributed by atoms with Gasteiger partial charge in [-0.2, -0.15) is 0 Å². The molecular weight excluding hydrogens is 172 g/mol. The van der Waals surface area contributed by atoms with Gasteiger partial charge in [-0.05, 0) is 37.0 Å². The molecule has 0 heterocycles. The zero-order chi connectivity index (χ0) is 10.8. The van der Waals surface area contributed by atoms with Gasteiger partial charge in [0.15, 0.2) is 0 Å². The molecule has 0 bridgehead atoms. The molecule has 1 nitrogen and oxygen atoms in total. The Morgan fingerprint density at radius 3 is 2.14 bits per heavy atom. The molecule has 1 aliphatic carbocycles. The summed E-state index contributed by atoms with van der Waals surface area (Å²) in [6.07, 6.45) is 6.10. The van der Waals surface area contributed by atoms with E-state index < -0.39 is 0 Å². The molecule has 0 aromatic rings. The van der Waals surface area contributed by atoms with Gasteiger partial charge in [-0.15, -0.1) is 0 Å². The third-order valence-corrected chi connectivity index (χ3v) is 3.83. The minimum atomic E-state index is 0.228. The van der Waals surface area contributed by atoms with Crippen molar-refractivity contribution in [1.29, 1.82) is 0 Å². The summed E-state index contributed by atoms with van der Waals surface area (Å²) < 4.78 is 0. The van der Waals surface area contributed by atoms with Gasteiger partial charge in [0.05, 0.1) is 0 Å². The Hall–Kier alpha value is -0.330. The van der Waals surface area contributed by atoms with Crippen LogP contribution in [0.25, 0.3) is 0 Å². The second-order valence-electron chi connectivity index (χ2n) is 5.82. The molecule has 0 atom stereocenters. The Kier molecular flexibility index (Phi) is 3.74. The fourth-order valence-electron chi connectivity index (χ4n) is 2.83. The summed E-state index contributed by atoms with van der Waals surface area (Å²) in [5.74, 6) is 2.01. The number of ketones is 1. The summed E-state index contributed by atoms with van der Waals surface area (Å²) in [7, 11) is 0. The van der Waals surface area contributed by atoms with Crippen LogP contribution in [-0.2, 0) is 4.79 Å². The Labute approximate surface area is 88.3 Å². The molecule has 1 aliphatic rings. The van der Waals surface area contributed by atoms with Gasteiger partial charge in [0.1, 0.15) is 5.78 Å². The van der Waals surface area contributed by atoms with E-state index in [1.165, 1.54) is 25.7 Å². The highest BCUT2D eigenvalue weighted by molar-refractivity contribution is 5.76. The van der Waals surface area contributed by atoms with Crippen LogP contribution in [0, 0.1) is 17.3 Å². The number of carbonyl (C=O) groups excluding carboxylic acids is 1. The van der Waals surface area contributed by atoms with E-state index in [-0.39, 0.29) is 5.41 Å². The van der Waals surface area contributed by atoms with Crippen LogP contribution in [0.4, 0.5) is 0 Å². The van der Waals surface area contributed by atoms with Crippen molar-refractivity contribution in [2.24, 2.45) is 17.3 Å². The maximum atomic E-state index is 11.2. The molecule has 1 saturated carbocycles. The van der Waals surface area contributed by atoms with Gasteiger partial charge < -0.3 is 4.79 Å². The SMILES string of the molecule is CC(=O)CC(C)(C)C1CCC(C)CC1. The van der Waals surface area contributed by atoms with Crippen LogP contribution in [0.15, 0.2) is 0 Å². The van der Waals surface area contributed by atoms with Crippen LogP contribution in [0.2, 0.25) is 0 Å². The average Bonchev–Trinajstić information content (AvgIpc) is 2.02. The van der Waals surface area contributed by atoms with Crippen LogP contribution in [0.5, 0.6) is 0 Å². The first-order chi connectivity index (χ1) is 6.42. The molecule has 0 spiro atoms. The Morgan fingerprint density at radius 1 is 1.21 bits per heavy atom. The molecule has 82 valence electrons. The van der Waals surface area contributed by atoms with E-state index in [4.69, 9.17) is 0 Å². The maximum absolute atomic E-state index is 11.2. The minimum Gasteiger partial charge on any atom is -0.300 e. The monoisotopic (exact) mass is 196 g/mol. The standard InChI is InChI=1S/C13H24O/c1-10-5-7-12(8-6-10)13(3,4)9-11(2)14/h10,12H,5-9H2,1-4H3. The van der Waals surface area contributed by atoms with Crippen molar-refractivity contribution in [3.63, 3.8) is 0 Å². The van der Waals surface area contributed by atoms with Gasteiger partial charge in [0, 0.05) is 6.42 Å². The fraction of sp³-hybridized carbons (Fsp3) is 0.923. The van der Waals surface area contributed by atoms with Crippen molar-refractivity contribution in [2.75, 3.05) is 0 Å². The van der Waals surface area contributed by atoms with Crippen molar-refractivity contribution in [3.05, 3.63) is 0 Å². The van der Waals surface area contributed by atoms with Crippen LogP contribution >= 0.6 is 0 Å². The molecule has 0 aromatic heterocycles. The van der Waals surface area contributed by atoms with Crippen molar-refractivity contribution < 1.29 is 4.79 Å². The third kappa shape index (κ3) is 3.11. The summed E-state index contributed by atoms with van der Waals surface area (Å²) in [4.78, 5) is 11.2. The van der Waals surface area contributed by atoms with Crippen molar-refractivity contribution >= 4 is 5.78 Å². The zero-order valence-corrected chi connectivity index (χ0v) is 10.1. The zero-order valence-electron chi connectivity index (χ0n) is 10.1. The first-order valence-electron chi connectivity index (χ1n) is 5.91. The highest BCUT2D eigenvalue weighted by Crippen LogP contribution is 2.42. The Balaban J connectivity index is 2.50. The number of rotatable bonds is 3. The van der Waals surface area contributed by atoms with Gasteiger partial charge in [-0.3, -0.25) is 0 Å². The lowest BCUT2D eigenvalue weighted by atomic mass is 9.67. The number of Topliss-reactive ketones (excluding diaryl/α,β-unsaturated/α-hetero) is 1. The molecule has 1 fully saturated rings. The van der Waals surface area contributed by atoms with E-state index in [0.717, 1.165) is 18.3 Å². The number of hydrogen-bond acceptors (Lipinski definition) is 1. The molecule has 14 heavy (non-hydrogen) atoms. The highest BCUT2D eigenvalue weighted by Gasteiger charge is 2.32. The first kappa shape index (κ1) is 11.7. The van der Waals surface area contributed by atoms with E-state index in [0.29, 0.717) is 5.78 Å². The maximum Gasteiger partial charge on any atom is 0.130 e. The van der Waals surface area contributed by atoms with Crippen molar-refractivity contribution in [1.82, 2.24) is 0 Å². The summed E-state index contributed by atoms with van der Waals surface area (Å²) in [6, 6.07) is 0. The smallest absolute Gasteiger partial charge is 0.130 e. The minimum absolute atomic E-state index is 0.228. The molecule has 1 heteroatoms. The van der Waals surface area contributed by atoms with Crippen LogP contribution < -0.4 is 0 Å². The largest absolute Gasteiger partial charge is 0.300 e. The fourth-order valence-corrected chi connectivity index (χ4v) is 2.83. The Bertz CT molecular complexity index is 197. The molecular formula is C13H24O. The van der Waals surface area contributed by atoms with Gasteiger partial charge in [-0.1, -0.05) is 33.6 Å². The topological polar surface area (TPSA) is 17.1 Å². The number of hydrogen-bond donors (Lipinski definition) is 0. The number of carbonyl (C=O) groups is 1. The summed E-state index contributed by atoms with van der Waals surface area (Å²) in [5.41, 5.74) is 0.228. The van der Waals surface area contributed by atoms with E-state index in [1.807, 2.05) is 0 Å². The second-order valence-corrected chi connectivity index (χ2v) is 5.82. The lowest BCUT2D eigenvalue weighted by molar-refractivity contribution is -0.119. The predicted octanol–water partition coefficient (Wildman–Crippen LogP) is 3.82. The second kappa shape index (κ2) is 4.46. The van der Waals surface area contributed by atoms with Crippen molar-refractivity contribution in [3.8, 4) is 0 Å². The van der Waals surface area contributed by atoms with Crippen LogP contribution in [0.1, 0.15) is 59.8 Å². The van der Waals surface area contributed by atoms with E-state index in [1.54, 1.807) is 6.92 Å². The Morgan fingerprint density at radius 2 is 1.71 bits per heavy atom. The van der Waals surface area contributed by atoms with E-state index >= 15 is 0 Å². The molecule has 1 rings (SSSR count). The van der Waals surface area contributed by atoms with Crippen LogP contribution in [-0.4, -0.2) is 5.78 Å². The lowest BCUT2D eigenvalue weighted by Crippen LogP contribution is -2.29. The molecule has 0 amide bonds. The quantitative estimate of drug-likeness (QED) is 0.670. The van der Waals surface area contributed by atoms with E-state index in [2.05, 4.69) is 20.8 Å². The lowest BCUT2D eigenvalue weighted by Gasteiger charge is -2.38. The molecule has 0 N–H and O–H groups in total. The normalized spacial score (nSPS) is 28.9. The third-order valence-electron chi connectivity index (χ3n) is 3.83. The summed E-state index contributed by atoms with van der Waals surface area (Å²) >= 11 is 0. The molecule has 0 radical (unpaired) electrons. The van der Waals surface area contributed by atoms with Gasteiger partial charge >= 0.3 is 0 Å². The molecule has 0 aromatic carbocycles. The molecule has 0 unspecified atom stereocenters. The summed E-state index contributed by atoms with van der Waals surface area (Å²) in [5, 5.41) is 0. The first-order valence-corrected chi connectivity index (χ1v) is 5.91. The van der Waals surface area contributed by atoms with E-state index in [9.17, 15) is 4.79 Å². The van der Waals surface area contributed by atoms with Crippen molar-refractivity contribution in [2.45, 2.75) is 59.8 Å². The highest BCUT2D eigenvalue weighted by atomic mass is 16.1.